The van der Waals surface area contributed by atoms with Crippen LogP contribution in [-0.4, -0.2) is 0 Å². The number of hydrogen-bond acceptors (Lipinski definition) is 2. The van der Waals surface area contributed by atoms with Gasteiger partial charge in [0.1, 0.15) is 0 Å². The number of aryl methyl sites for hydroxylation is 4. The van der Waals surface area contributed by atoms with Gasteiger partial charge in [-0.1, -0.05) is 6.07 Å². The van der Waals surface area contributed by atoms with E-state index in [4.69, 9.17) is 0 Å². The fourth-order valence-corrected chi connectivity index (χ4v) is 6.90. The van der Waals surface area contributed by atoms with Gasteiger partial charge in [-0.05, 0) is 73.9 Å². The number of hydrogen-bond donors (Lipinski definition) is 0. The van der Waals surface area contributed by atoms with Crippen molar-refractivity contribution in [2.45, 2.75) is 51.4 Å². The summed E-state index contributed by atoms with van der Waals surface area (Å²) in [6, 6.07) is 4.82. The molecule has 3 aromatic rings. The Bertz CT molecular complexity index is 819. The van der Waals surface area contributed by atoms with Crippen molar-refractivity contribution in [3.8, 4) is 0 Å². The summed E-state index contributed by atoms with van der Waals surface area (Å²) in [5.41, 5.74) is 3.40. The lowest BCUT2D eigenvalue weighted by Gasteiger charge is -2.10. The van der Waals surface area contributed by atoms with Crippen LogP contribution in [0.2, 0.25) is 0 Å². The molecule has 0 radical (unpaired) electrons. The number of fused-ring (bicyclic) bond motifs is 7. The fourth-order valence-electron chi connectivity index (χ4n) is 4.06. The average Bonchev–Trinajstić information content (AvgIpc) is 3.04. The van der Waals surface area contributed by atoms with Crippen molar-refractivity contribution in [1.29, 1.82) is 0 Å². The molecule has 2 heterocycles. The first-order chi connectivity index (χ1) is 9.92. The summed E-state index contributed by atoms with van der Waals surface area (Å²) in [4.78, 5) is 3.37. The Morgan fingerprint density at radius 3 is 2.25 bits per heavy atom. The average molecular weight is 298 g/mol. The van der Waals surface area contributed by atoms with E-state index in [0.717, 1.165) is 0 Å². The van der Waals surface area contributed by atoms with E-state index >= 15 is 0 Å². The maximum atomic E-state index is 2.42. The summed E-state index contributed by atoms with van der Waals surface area (Å²) in [6.45, 7) is 0. The molecule has 0 saturated heterocycles. The predicted octanol–water partition coefficient (Wildman–Crippen LogP) is 5.87. The molecule has 102 valence electrons. The summed E-state index contributed by atoms with van der Waals surface area (Å²) in [7, 11) is 0. The second kappa shape index (κ2) is 4.32. The van der Waals surface area contributed by atoms with Gasteiger partial charge in [0.05, 0.1) is 0 Å². The first-order valence-corrected chi connectivity index (χ1v) is 9.52. The molecule has 1 aromatic carbocycles. The zero-order valence-electron chi connectivity index (χ0n) is 11.6. The minimum absolute atomic E-state index is 1.31. The lowest BCUT2D eigenvalue weighted by molar-refractivity contribution is 0.700. The van der Waals surface area contributed by atoms with Gasteiger partial charge in [0.25, 0.3) is 0 Å². The van der Waals surface area contributed by atoms with Gasteiger partial charge < -0.3 is 0 Å². The fraction of sp³-hybridized carbons (Fsp3) is 0.444. The van der Waals surface area contributed by atoms with E-state index in [9.17, 15) is 0 Å². The normalized spacial score (nSPS) is 18.4. The predicted molar refractivity (Wildman–Crippen MR) is 90.5 cm³/mol. The van der Waals surface area contributed by atoms with Crippen molar-refractivity contribution < 1.29 is 0 Å². The lowest BCUT2D eigenvalue weighted by atomic mass is 9.93. The molecule has 2 aliphatic carbocycles. The molecule has 0 aliphatic heterocycles. The lowest BCUT2D eigenvalue weighted by Crippen LogP contribution is -1.98. The molecule has 0 spiro atoms. The second-order valence-corrected chi connectivity index (χ2v) is 8.48. The Balaban J connectivity index is 1.90. The Hall–Kier alpha value is -0.860. The largest absolute Gasteiger partial charge is 0.140 e. The van der Waals surface area contributed by atoms with E-state index in [1.54, 1.807) is 41.1 Å². The molecule has 2 heteroatoms. The molecule has 2 aliphatic rings. The summed E-state index contributed by atoms with van der Waals surface area (Å²) in [5.74, 6) is 0. The molecule has 0 bridgehead atoms. The molecule has 0 N–H and O–H groups in total. The first kappa shape index (κ1) is 11.8. The molecule has 0 unspecified atom stereocenters. The van der Waals surface area contributed by atoms with Crippen LogP contribution in [0.4, 0.5) is 0 Å². The van der Waals surface area contributed by atoms with Gasteiger partial charge >= 0.3 is 0 Å². The first-order valence-electron chi connectivity index (χ1n) is 7.89. The smallest absolute Gasteiger partial charge is 0.0438 e. The topological polar surface area (TPSA) is 0 Å². The van der Waals surface area contributed by atoms with Crippen LogP contribution in [0.3, 0.4) is 0 Å². The zero-order valence-corrected chi connectivity index (χ0v) is 13.3. The van der Waals surface area contributed by atoms with Gasteiger partial charge in [-0.15, -0.1) is 22.7 Å². The van der Waals surface area contributed by atoms with E-state index in [1.807, 2.05) is 0 Å². The zero-order chi connectivity index (χ0) is 13.1. The SMILES string of the molecule is c1cc2c3c(sc2c2c4c(sc12)CCCC4)CCCC3. The van der Waals surface area contributed by atoms with Crippen LogP contribution in [0, 0.1) is 0 Å². The van der Waals surface area contributed by atoms with Crippen LogP contribution in [-0.2, 0) is 25.7 Å². The minimum Gasteiger partial charge on any atom is -0.140 e. The van der Waals surface area contributed by atoms with Crippen LogP contribution in [0.1, 0.15) is 46.6 Å². The minimum atomic E-state index is 1.31. The van der Waals surface area contributed by atoms with E-state index in [0.29, 0.717) is 0 Å². The quantitative estimate of drug-likeness (QED) is 0.486. The molecular weight excluding hydrogens is 280 g/mol. The molecule has 2 aromatic heterocycles. The third-order valence-corrected chi connectivity index (χ3v) is 7.62. The third-order valence-electron chi connectivity index (χ3n) is 5.04. The Labute approximate surface area is 127 Å². The summed E-state index contributed by atoms with van der Waals surface area (Å²) >= 11 is 4.18. The summed E-state index contributed by atoms with van der Waals surface area (Å²) < 4.78 is 3.16. The highest BCUT2D eigenvalue weighted by Gasteiger charge is 2.22. The van der Waals surface area contributed by atoms with Crippen molar-refractivity contribution in [2.24, 2.45) is 0 Å². The highest BCUT2D eigenvalue weighted by atomic mass is 32.1. The number of thiophene rings is 2. The van der Waals surface area contributed by atoms with E-state index in [1.165, 1.54) is 51.4 Å². The Morgan fingerprint density at radius 1 is 0.700 bits per heavy atom. The van der Waals surface area contributed by atoms with Gasteiger partial charge in [0.2, 0.25) is 0 Å². The van der Waals surface area contributed by atoms with Crippen LogP contribution in [0.5, 0.6) is 0 Å². The Morgan fingerprint density at radius 2 is 1.40 bits per heavy atom. The maximum absolute atomic E-state index is 2.42. The van der Waals surface area contributed by atoms with Crippen LogP contribution in [0.15, 0.2) is 12.1 Å². The molecule has 20 heavy (non-hydrogen) atoms. The highest BCUT2D eigenvalue weighted by Crippen LogP contribution is 2.45. The van der Waals surface area contributed by atoms with E-state index < -0.39 is 0 Å². The number of rotatable bonds is 0. The van der Waals surface area contributed by atoms with Crippen LogP contribution in [0.25, 0.3) is 20.2 Å². The molecule has 0 saturated carbocycles. The van der Waals surface area contributed by atoms with Crippen molar-refractivity contribution >= 4 is 42.8 Å². The maximum Gasteiger partial charge on any atom is 0.0438 e. The standard InChI is InChI=1S/C18H18S2/c1-3-7-14-11(5-1)12-9-10-16-17(18(12)20-14)13-6-2-4-8-15(13)19-16/h9-10H,1-8H2. The summed E-state index contributed by atoms with van der Waals surface area (Å²) in [6.07, 6.45) is 10.8. The Kier molecular flexibility index (Phi) is 2.54. The van der Waals surface area contributed by atoms with Crippen molar-refractivity contribution in [1.82, 2.24) is 0 Å². The van der Waals surface area contributed by atoms with Crippen molar-refractivity contribution in [3.63, 3.8) is 0 Å². The molecular formula is C18H18S2. The van der Waals surface area contributed by atoms with Gasteiger partial charge in [-0.3, -0.25) is 0 Å². The van der Waals surface area contributed by atoms with Crippen molar-refractivity contribution in [3.05, 3.63) is 33.0 Å². The monoisotopic (exact) mass is 298 g/mol. The van der Waals surface area contributed by atoms with E-state index in [-0.39, 0.29) is 0 Å². The van der Waals surface area contributed by atoms with Crippen LogP contribution < -0.4 is 0 Å². The van der Waals surface area contributed by atoms with Gasteiger partial charge in [0.15, 0.2) is 0 Å². The summed E-state index contributed by atoms with van der Waals surface area (Å²) in [5, 5.41) is 3.23. The molecule has 5 rings (SSSR count). The van der Waals surface area contributed by atoms with Crippen molar-refractivity contribution in [2.75, 3.05) is 0 Å². The third kappa shape index (κ3) is 1.52. The van der Waals surface area contributed by atoms with Gasteiger partial charge in [-0.25, -0.2) is 0 Å². The molecule has 0 nitrogen and oxygen atoms in total. The van der Waals surface area contributed by atoms with Crippen LogP contribution >= 0.6 is 22.7 Å². The second-order valence-electron chi connectivity index (χ2n) is 6.24. The number of benzene rings is 1. The molecule has 0 fully saturated rings. The van der Waals surface area contributed by atoms with E-state index in [2.05, 4.69) is 34.8 Å². The molecule has 0 amide bonds. The molecule has 0 atom stereocenters. The van der Waals surface area contributed by atoms with Gasteiger partial charge in [-0.2, -0.15) is 0 Å². The van der Waals surface area contributed by atoms with Gasteiger partial charge in [0, 0.05) is 24.5 Å². The highest BCUT2D eigenvalue weighted by molar-refractivity contribution is 7.23.